The van der Waals surface area contributed by atoms with E-state index < -0.39 is 0 Å². The Balaban J connectivity index is 1.47. The molecule has 3 heteroatoms. The van der Waals surface area contributed by atoms with Gasteiger partial charge in [0.15, 0.2) is 0 Å². The smallest absolute Gasteiger partial charge is 0.306 e. The van der Waals surface area contributed by atoms with Crippen molar-refractivity contribution in [3.63, 3.8) is 0 Å². The molecule has 2 unspecified atom stereocenters. The van der Waals surface area contributed by atoms with E-state index >= 15 is 0 Å². The van der Waals surface area contributed by atoms with E-state index in [2.05, 4.69) is 6.92 Å². The Labute approximate surface area is 173 Å². The van der Waals surface area contributed by atoms with Gasteiger partial charge in [0, 0.05) is 11.8 Å². The second kappa shape index (κ2) is 13.9. The molecule has 2 saturated carbocycles. The van der Waals surface area contributed by atoms with Gasteiger partial charge < -0.3 is 4.74 Å². The number of rotatable bonds is 12. The van der Waals surface area contributed by atoms with Gasteiger partial charge in [-0.15, -0.1) is 11.6 Å². The summed E-state index contributed by atoms with van der Waals surface area (Å²) in [5.74, 6) is 2.12. The van der Waals surface area contributed by atoms with Crippen LogP contribution >= 0.6 is 11.6 Å². The third-order valence-electron chi connectivity index (χ3n) is 6.95. The van der Waals surface area contributed by atoms with Gasteiger partial charge in [-0.2, -0.15) is 0 Å². The fourth-order valence-electron chi connectivity index (χ4n) is 5.18. The molecule has 2 aliphatic carbocycles. The number of halogens is 1. The van der Waals surface area contributed by atoms with Crippen LogP contribution in [0.25, 0.3) is 0 Å². The van der Waals surface area contributed by atoms with Gasteiger partial charge in [0.05, 0.1) is 6.61 Å². The molecule has 2 nitrogen and oxygen atoms in total. The SMILES string of the molecule is CCCCCCCCCCOC(=O)CC1CCC(C2CCCCC2Cl)CC1. The van der Waals surface area contributed by atoms with Gasteiger partial charge in [-0.05, 0) is 62.7 Å². The molecule has 0 spiro atoms. The van der Waals surface area contributed by atoms with Gasteiger partial charge >= 0.3 is 5.97 Å². The summed E-state index contributed by atoms with van der Waals surface area (Å²) in [4.78, 5) is 12.1. The first-order chi connectivity index (χ1) is 13.2. The Morgan fingerprint density at radius 3 is 2.15 bits per heavy atom. The van der Waals surface area contributed by atoms with E-state index in [0.717, 1.165) is 18.3 Å². The zero-order chi connectivity index (χ0) is 19.3. The molecule has 0 aliphatic heterocycles. The maximum absolute atomic E-state index is 12.1. The Hall–Kier alpha value is -0.240. The minimum Gasteiger partial charge on any atom is -0.466 e. The molecule has 0 heterocycles. The summed E-state index contributed by atoms with van der Waals surface area (Å²) in [6, 6.07) is 0. The van der Waals surface area contributed by atoms with Gasteiger partial charge in [0.25, 0.3) is 0 Å². The highest BCUT2D eigenvalue weighted by Gasteiger charge is 2.33. The van der Waals surface area contributed by atoms with Crippen LogP contribution in [0.5, 0.6) is 0 Å². The third kappa shape index (κ3) is 9.20. The van der Waals surface area contributed by atoms with Crippen LogP contribution < -0.4 is 0 Å². The van der Waals surface area contributed by atoms with Crippen molar-refractivity contribution in [3.05, 3.63) is 0 Å². The van der Waals surface area contributed by atoms with Crippen LogP contribution in [-0.4, -0.2) is 18.0 Å². The quantitative estimate of drug-likeness (QED) is 0.191. The fourth-order valence-corrected chi connectivity index (χ4v) is 5.67. The van der Waals surface area contributed by atoms with Gasteiger partial charge in [-0.25, -0.2) is 0 Å². The molecule has 0 aromatic rings. The van der Waals surface area contributed by atoms with E-state index in [1.807, 2.05) is 0 Å². The predicted molar refractivity (Wildman–Crippen MR) is 115 cm³/mol. The van der Waals surface area contributed by atoms with Gasteiger partial charge in [0.2, 0.25) is 0 Å². The Morgan fingerprint density at radius 2 is 1.48 bits per heavy atom. The van der Waals surface area contributed by atoms with Crippen molar-refractivity contribution >= 4 is 17.6 Å². The van der Waals surface area contributed by atoms with Crippen molar-refractivity contribution in [2.24, 2.45) is 17.8 Å². The van der Waals surface area contributed by atoms with E-state index in [4.69, 9.17) is 16.3 Å². The summed E-state index contributed by atoms with van der Waals surface area (Å²) < 4.78 is 5.49. The highest BCUT2D eigenvalue weighted by Crippen LogP contribution is 2.42. The van der Waals surface area contributed by atoms with E-state index in [1.165, 1.54) is 96.3 Å². The average Bonchev–Trinajstić information content (AvgIpc) is 2.68. The molecule has 2 atom stereocenters. The molecule has 0 N–H and O–H groups in total. The van der Waals surface area contributed by atoms with Gasteiger partial charge in [0.1, 0.15) is 0 Å². The van der Waals surface area contributed by atoms with Crippen LogP contribution in [0.1, 0.15) is 116 Å². The van der Waals surface area contributed by atoms with E-state index in [0.29, 0.717) is 24.3 Å². The largest absolute Gasteiger partial charge is 0.466 e. The number of hydrogen-bond acceptors (Lipinski definition) is 2. The van der Waals surface area contributed by atoms with Crippen molar-refractivity contribution in [1.82, 2.24) is 0 Å². The summed E-state index contributed by atoms with van der Waals surface area (Å²) in [7, 11) is 0. The molecule has 0 aromatic carbocycles. The maximum Gasteiger partial charge on any atom is 0.306 e. The molecule has 158 valence electrons. The highest BCUT2D eigenvalue weighted by molar-refractivity contribution is 6.20. The standard InChI is InChI=1S/C24H43ClO2/c1-2-3-4-5-6-7-8-11-18-27-24(26)19-20-14-16-21(17-15-20)22-12-9-10-13-23(22)25/h20-23H,2-19H2,1H3. The molecule has 0 radical (unpaired) electrons. The zero-order valence-electron chi connectivity index (χ0n) is 17.7. The predicted octanol–water partition coefficient (Wildman–Crippen LogP) is 7.66. The molecule has 0 saturated heterocycles. The third-order valence-corrected chi connectivity index (χ3v) is 7.49. The highest BCUT2D eigenvalue weighted by atomic mass is 35.5. The number of carbonyl (C=O) groups excluding carboxylic acids is 1. The lowest BCUT2D eigenvalue weighted by Crippen LogP contribution is -2.31. The summed E-state index contributed by atoms with van der Waals surface area (Å²) >= 11 is 6.59. The fraction of sp³-hybridized carbons (Fsp3) is 0.958. The van der Waals surface area contributed by atoms with Crippen LogP contribution in [0.3, 0.4) is 0 Å². The summed E-state index contributed by atoms with van der Waals surface area (Å²) in [6.45, 7) is 2.88. The molecule has 2 fully saturated rings. The lowest BCUT2D eigenvalue weighted by Gasteiger charge is -2.38. The second-order valence-corrected chi connectivity index (χ2v) is 9.71. The lowest BCUT2D eigenvalue weighted by atomic mass is 9.70. The molecule has 0 amide bonds. The van der Waals surface area contributed by atoms with Crippen molar-refractivity contribution < 1.29 is 9.53 Å². The van der Waals surface area contributed by atoms with E-state index in [-0.39, 0.29) is 5.97 Å². The lowest BCUT2D eigenvalue weighted by molar-refractivity contribution is -0.145. The Bertz CT molecular complexity index is 390. The summed E-state index contributed by atoms with van der Waals surface area (Å²) in [5, 5.41) is 0.400. The minimum absolute atomic E-state index is 0.0364. The molecule has 2 aliphatic rings. The summed E-state index contributed by atoms with van der Waals surface area (Å²) in [5.41, 5.74) is 0. The first kappa shape index (κ1) is 23.0. The average molecular weight is 399 g/mol. The van der Waals surface area contributed by atoms with Crippen LogP contribution in [0.15, 0.2) is 0 Å². The molecule has 0 bridgehead atoms. The molecule has 27 heavy (non-hydrogen) atoms. The monoisotopic (exact) mass is 398 g/mol. The number of carbonyl (C=O) groups is 1. The topological polar surface area (TPSA) is 26.3 Å². The molecule has 2 rings (SSSR count). The molecular formula is C24H43ClO2. The first-order valence-corrected chi connectivity index (χ1v) is 12.4. The Kier molecular flexibility index (Phi) is 11.8. The van der Waals surface area contributed by atoms with Gasteiger partial charge in [-0.1, -0.05) is 64.7 Å². The number of hydrogen-bond donors (Lipinski definition) is 0. The Morgan fingerprint density at radius 1 is 0.852 bits per heavy atom. The van der Waals surface area contributed by atoms with Crippen molar-refractivity contribution in [3.8, 4) is 0 Å². The maximum atomic E-state index is 12.1. The van der Waals surface area contributed by atoms with Crippen LogP contribution in [-0.2, 0) is 9.53 Å². The molecule has 0 aromatic heterocycles. The van der Waals surface area contributed by atoms with Crippen molar-refractivity contribution in [1.29, 1.82) is 0 Å². The number of unbranched alkanes of at least 4 members (excludes halogenated alkanes) is 7. The summed E-state index contributed by atoms with van der Waals surface area (Å²) in [6.07, 6.45) is 21.0. The van der Waals surface area contributed by atoms with E-state index in [9.17, 15) is 4.79 Å². The zero-order valence-corrected chi connectivity index (χ0v) is 18.5. The normalized spacial score (nSPS) is 28.8. The molecular weight excluding hydrogens is 356 g/mol. The number of alkyl halides is 1. The van der Waals surface area contributed by atoms with Crippen LogP contribution in [0.2, 0.25) is 0 Å². The number of esters is 1. The van der Waals surface area contributed by atoms with Crippen molar-refractivity contribution in [2.45, 2.75) is 121 Å². The van der Waals surface area contributed by atoms with Gasteiger partial charge in [-0.3, -0.25) is 4.79 Å². The second-order valence-electron chi connectivity index (χ2n) is 9.14. The van der Waals surface area contributed by atoms with Crippen LogP contribution in [0, 0.1) is 17.8 Å². The number of ether oxygens (including phenoxy) is 1. The first-order valence-electron chi connectivity index (χ1n) is 12.0. The van der Waals surface area contributed by atoms with Crippen LogP contribution in [0.4, 0.5) is 0 Å². The van der Waals surface area contributed by atoms with Crippen molar-refractivity contribution in [2.75, 3.05) is 6.61 Å². The van der Waals surface area contributed by atoms with E-state index in [1.54, 1.807) is 0 Å². The minimum atomic E-state index is 0.0364.